The minimum Gasteiger partial charge on any atom is -0.308 e. The second-order valence-corrected chi connectivity index (χ2v) is 5.23. The van der Waals surface area contributed by atoms with E-state index in [4.69, 9.17) is 5.84 Å². The minimum absolute atomic E-state index is 0.592. The van der Waals surface area contributed by atoms with Gasteiger partial charge in [0.1, 0.15) is 5.82 Å². The molecule has 0 saturated carbocycles. The summed E-state index contributed by atoms with van der Waals surface area (Å²) < 4.78 is 0. The van der Waals surface area contributed by atoms with Crippen molar-refractivity contribution in [2.45, 2.75) is 25.9 Å². The SMILES string of the molecule is CSCCC(C)N(C)Cc1ccc(NN)nc1. The number of thioether (sulfide) groups is 1. The number of nitrogens with two attached hydrogens (primary N) is 1. The van der Waals surface area contributed by atoms with Gasteiger partial charge in [-0.15, -0.1) is 0 Å². The number of nitrogens with zero attached hydrogens (tertiary/aromatic N) is 2. The molecule has 0 aromatic carbocycles. The van der Waals surface area contributed by atoms with E-state index in [9.17, 15) is 0 Å². The molecule has 0 amide bonds. The summed E-state index contributed by atoms with van der Waals surface area (Å²) in [6, 6.07) is 4.55. The third-order valence-electron chi connectivity index (χ3n) is 2.90. The molecule has 0 radical (unpaired) electrons. The fourth-order valence-electron chi connectivity index (χ4n) is 1.56. The van der Waals surface area contributed by atoms with Crippen LogP contribution < -0.4 is 11.3 Å². The molecule has 4 nitrogen and oxygen atoms in total. The Bertz CT molecular complexity index is 315. The number of hydrazine groups is 1. The topological polar surface area (TPSA) is 54.2 Å². The zero-order chi connectivity index (χ0) is 12.7. The number of hydrogen-bond donors (Lipinski definition) is 2. The molecule has 1 atom stereocenters. The molecule has 0 aliphatic rings. The lowest BCUT2D eigenvalue weighted by Gasteiger charge is -2.24. The molecule has 1 unspecified atom stereocenters. The van der Waals surface area contributed by atoms with E-state index in [1.165, 1.54) is 17.7 Å². The van der Waals surface area contributed by atoms with E-state index in [1.807, 2.05) is 24.0 Å². The van der Waals surface area contributed by atoms with Crippen LogP contribution in [0.3, 0.4) is 0 Å². The second-order valence-electron chi connectivity index (χ2n) is 4.24. The fourth-order valence-corrected chi connectivity index (χ4v) is 2.13. The Morgan fingerprint density at radius 1 is 1.53 bits per heavy atom. The summed E-state index contributed by atoms with van der Waals surface area (Å²) in [5.74, 6) is 7.19. The van der Waals surface area contributed by atoms with Crippen LogP contribution in [0.4, 0.5) is 5.82 Å². The van der Waals surface area contributed by atoms with Gasteiger partial charge in [0.25, 0.3) is 0 Å². The molecule has 5 heteroatoms. The van der Waals surface area contributed by atoms with Crippen molar-refractivity contribution in [2.75, 3.05) is 24.5 Å². The molecule has 0 aliphatic heterocycles. The monoisotopic (exact) mass is 254 g/mol. The van der Waals surface area contributed by atoms with Gasteiger partial charge in [-0.25, -0.2) is 10.8 Å². The van der Waals surface area contributed by atoms with E-state index in [0.29, 0.717) is 11.9 Å². The first kappa shape index (κ1) is 14.3. The van der Waals surface area contributed by atoms with Crippen LogP contribution in [-0.2, 0) is 6.54 Å². The summed E-state index contributed by atoms with van der Waals surface area (Å²) in [6.07, 6.45) is 5.23. The van der Waals surface area contributed by atoms with Crippen molar-refractivity contribution in [3.05, 3.63) is 23.9 Å². The Morgan fingerprint density at radius 3 is 2.82 bits per heavy atom. The van der Waals surface area contributed by atoms with E-state index in [2.05, 4.69) is 41.6 Å². The molecule has 0 spiro atoms. The zero-order valence-electron chi connectivity index (χ0n) is 10.8. The zero-order valence-corrected chi connectivity index (χ0v) is 11.6. The van der Waals surface area contributed by atoms with Crippen molar-refractivity contribution in [3.63, 3.8) is 0 Å². The Kier molecular flexibility index (Phi) is 6.32. The number of nitrogens with one attached hydrogen (secondary N) is 1. The van der Waals surface area contributed by atoms with Gasteiger partial charge in [0.2, 0.25) is 0 Å². The quantitative estimate of drug-likeness (QED) is 0.575. The van der Waals surface area contributed by atoms with Crippen molar-refractivity contribution >= 4 is 17.6 Å². The summed E-state index contributed by atoms with van der Waals surface area (Å²) in [5.41, 5.74) is 3.74. The molecular weight excluding hydrogens is 232 g/mol. The lowest BCUT2D eigenvalue weighted by atomic mass is 10.2. The van der Waals surface area contributed by atoms with Gasteiger partial charge in [0.05, 0.1) is 0 Å². The first-order valence-corrected chi connectivity index (χ1v) is 7.17. The summed E-state index contributed by atoms with van der Waals surface area (Å²) >= 11 is 1.90. The molecule has 0 fully saturated rings. The third-order valence-corrected chi connectivity index (χ3v) is 3.54. The van der Waals surface area contributed by atoms with E-state index >= 15 is 0 Å². The Hall–Kier alpha value is -0.780. The predicted molar refractivity (Wildman–Crippen MR) is 76.0 cm³/mol. The van der Waals surface area contributed by atoms with Gasteiger partial charge in [-0.05, 0) is 44.0 Å². The van der Waals surface area contributed by atoms with Crippen molar-refractivity contribution in [1.82, 2.24) is 9.88 Å². The van der Waals surface area contributed by atoms with Crippen molar-refractivity contribution < 1.29 is 0 Å². The maximum atomic E-state index is 5.28. The number of anilines is 1. The highest BCUT2D eigenvalue weighted by molar-refractivity contribution is 7.98. The highest BCUT2D eigenvalue weighted by Gasteiger charge is 2.09. The van der Waals surface area contributed by atoms with Gasteiger partial charge in [0.15, 0.2) is 0 Å². The van der Waals surface area contributed by atoms with Crippen LogP contribution in [-0.4, -0.2) is 35.0 Å². The van der Waals surface area contributed by atoms with E-state index in [1.54, 1.807) is 0 Å². The maximum absolute atomic E-state index is 5.28. The summed E-state index contributed by atoms with van der Waals surface area (Å²) in [6.45, 7) is 3.19. The van der Waals surface area contributed by atoms with Gasteiger partial charge in [-0.3, -0.25) is 4.90 Å². The Morgan fingerprint density at radius 2 is 2.29 bits per heavy atom. The molecule has 1 aromatic heterocycles. The average molecular weight is 254 g/mol. The minimum atomic E-state index is 0.592. The van der Waals surface area contributed by atoms with Gasteiger partial charge < -0.3 is 5.43 Å². The first-order chi connectivity index (χ1) is 8.17. The number of nitrogen functional groups attached to an aromatic ring is 1. The lowest BCUT2D eigenvalue weighted by Crippen LogP contribution is -2.29. The third kappa shape index (κ3) is 4.93. The first-order valence-electron chi connectivity index (χ1n) is 5.78. The molecule has 0 aliphatic carbocycles. The van der Waals surface area contributed by atoms with Gasteiger partial charge in [-0.1, -0.05) is 6.07 Å². The van der Waals surface area contributed by atoms with Gasteiger partial charge in [-0.2, -0.15) is 11.8 Å². The van der Waals surface area contributed by atoms with Crippen LogP contribution in [0.25, 0.3) is 0 Å². The molecule has 0 bridgehead atoms. The van der Waals surface area contributed by atoms with Crippen molar-refractivity contribution in [3.8, 4) is 0 Å². The molecule has 3 N–H and O–H groups in total. The molecular formula is C12H22N4S. The smallest absolute Gasteiger partial charge is 0.139 e. The number of hydrogen-bond acceptors (Lipinski definition) is 5. The van der Waals surface area contributed by atoms with Crippen LogP contribution >= 0.6 is 11.8 Å². The average Bonchev–Trinajstić information content (AvgIpc) is 2.36. The molecule has 1 aromatic rings. The highest BCUT2D eigenvalue weighted by Crippen LogP contribution is 2.11. The van der Waals surface area contributed by atoms with E-state index < -0.39 is 0 Å². The number of pyridine rings is 1. The maximum Gasteiger partial charge on any atom is 0.139 e. The van der Waals surface area contributed by atoms with Gasteiger partial charge in [0, 0.05) is 18.8 Å². The van der Waals surface area contributed by atoms with Crippen LogP contribution in [0.5, 0.6) is 0 Å². The van der Waals surface area contributed by atoms with Crippen LogP contribution in [0.15, 0.2) is 18.3 Å². The van der Waals surface area contributed by atoms with E-state index in [0.717, 1.165) is 6.54 Å². The summed E-state index contributed by atoms with van der Waals surface area (Å²) in [5, 5.41) is 0. The summed E-state index contributed by atoms with van der Waals surface area (Å²) in [7, 11) is 2.15. The Labute approximate surface area is 108 Å². The van der Waals surface area contributed by atoms with Crippen molar-refractivity contribution in [2.24, 2.45) is 5.84 Å². The van der Waals surface area contributed by atoms with Crippen LogP contribution in [0.2, 0.25) is 0 Å². The van der Waals surface area contributed by atoms with Gasteiger partial charge >= 0.3 is 0 Å². The molecule has 96 valence electrons. The Balaban J connectivity index is 2.46. The van der Waals surface area contributed by atoms with E-state index in [-0.39, 0.29) is 0 Å². The molecule has 17 heavy (non-hydrogen) atoms. The summed E-state index contributed by atoms with van der Waals surface area (Å²) in [4.78, 5) is 6.55. The highest BCUT2D eigenvalue weighted by atomic mass is 32.2. The van der Waals surface area contributed by atoms with Crippen LogP contribution in [0, 0.1) is 0 Å². The van der Waals surface area contributed by atoms with Crippen molar-refractivity contribution in [1.29, 1.82) is 0 Å². The fraction of sp³-hybridized carbons (Fsp3) is 0.583. The molecule has 1 rings (SSSR count). The molecule has 0 saturated heterocycles. The normalized spacial score (nSPS) is 12.8. The predicted octanol–water partition coefficient (Wildman–Crippen LogP) is 1.94. The number of rotatable bonds is 7. The lowest BCUT2D eigenvalue weighted by molar-refractivity contribution is 0.245. The standard InChI is InChI=1S/C12H22N4S/c1-10(6-7-17-3)16(2)9-11-4-5-12(15-13)14-8-11/h4-5,8,10H,6-7,9,13H2,1-3H3,(H,14,15). The number of aromatic nitrogens is 1. The van der Waals surface area contributed by atoms with Crippen LogP contribution in [0.1, 0.15) is 18.9 Å². The second kappa shape index (κ2) is 7.53. The largest absolute Gasteiger partial charge is 0.308 e. The molecule has 1 heterocycles.